The van der Waals surface area contributed by atoms with Crippen molar-refractivity contribution in [2.75, 3.05) is 0 Å². The summed E-state index contributed by atoms with van der Waals surface area (Å²) in [6.07, 6.45) is 27.9. The molecule has 0 atom stereocenters. The van der Waals surface area contributed by atoms with Crippen LogP contribution in [0.1, 0.15) is 36.8 Å². The maximum Gasteiger partial charge on any atom is 2.00 e. The molecule has 0 N–H and O–H groups in total. The standard InChI is InChI=1S/2C11H13Si.C8H12.Pt/c2*1-5-10-6-8-11(9-7-10)12(2,3)4;1-2-4-6-8-7-5-3-1;/h2*6-9H,2-4H3;1-2,7-8H,3-6H2;/q2*-1;;+2. The Morgan fingerprint density at radius 3 is 0.939 bits per heavy atom. The van der Waals surface area contributed by atoms with Gasteiger partial charge >= 0.3 is 21.1 Å². The minimum Gasteiger partial charge on any atom is -0.366 e. The summed E-state index contributed by atoms with van der Waals surface area (Å²) in [6.45, 7) is 13.9. The van der Waals surface area contributed by atoms with E-state index in [9.17, 15) is 0 Å². The van der Waals surface area contributed by atoms with E-state index in [1.807, 2.05) is 24.3 Å². The predicted octanol–water partition coefficient (Wildman–Crippen LogP) is 7.01. The van der Waals surface area contributed by atoms with Crippen LogP contribution in [0.2, 0.25) is 39.3 Å². The van der Waals surface area contributed by atoms with Gasteiger partial charge in [0.05, 0.1) is 16.1 Å². The molecule has 33 heavy (non-hydrogen) atoms. The van der Waals surface area contributed by atoms with Gasteiger partial charge in [-0.2, -0.15) is 0 Å². The molecule has 0 heterocycles. The Morgan fingerprint density at radius 2 is 0.758 bits per heavy atom. The molecular weight excluding hydrogens is 612 g/mol. The van der Waals surface area contributed by atoms with Crippen LogP contribution in [0.15, 0.2) is 72.8 Å². The van der Waals surface area contributed by atoms with Crippen LogP contribution in [0.5, 0.6) is 0 Å². The first kappa shape index (κ1) is 31.2. The quantitative estimate of drug-likeness (QED) is 0.142. The smallest absolute Gasteiger partial charge is 0.366 e. The summed E-state index contributed by atoms with van der Waals surface area (Å²) in [5.74, 6) is 4.74. The fourth-order valence-electron chi connectivity index (χ4n) is 2.96. The van der Waals surface area contributed by atoms with Gasteiger partial charge in [-0.25, -0.2) is 0 Å². The fraction of sp³-hybridized carbons (Fsp3) is 0.333. The SMILES string of the molecule is C1=CCCC=CCC1.[C-]#Cc1ccc([Si](C)(C)C)cc1.[C-]#Cc1ccc([Si](C)(C)C)cc1.[Pt+2]. The minimum atomic E-state index is -1.16. The van der Waals surface area contributed by atoms with Crippen LogP contribution in [0.25, 0.3) is 0 Å². The first-order valence-electron chi connectivity index (χ1n) is 11.4. The van der Waals surface area contributed by atoms with Crippen molar-refractivity contribution < 1.29 is 21.1 Å². The van der Waals surface area contributed by atoms with Gasteiger partial charge in [-0.15, -0.1) is 35.4 Å². The van der Waals surface area contributed by atoms with Gasteiger partial charge in [0.25, 0.3) is 0 Å². The normalized spacial score (nSPS) is 12.7. The van der Waals surface area contributed by atoms with Crippen molar-refractivity contribution >= 4 is 26.5 Å². The van der Waals surface area contributed by atoms with Gasteiger partial charge in [0.2, 0.25) is 0 Å². The van der Waals surface area contributed by atoms with E-state index in [-0.39, 0.29) is 21.1 Å². The van der Waals surface area contributed by atoms with E-state index in [4.69, 9.17) is 12.8 Å². The first-order valence-corrected chi connectivity index (χ1v) is 18.4. The second kappa shape index (κ2) is 15.9. The molecule has 0 radical (unpaired) electrons. The van der Waals surface area contributed by atoms with Gasteiger partial charge in [-0.05, 0) is 25.7 Å². The Bertz CT molecular complexity index is 846. The van der Waals surface area contributed by atoms with E-state index in [2.05, 4.69) is 99.7 Å². The molecule has 2 aromatic rings. The topological polar surface area (TPSA) is 0 Å². The van der Waals surface area contributed by atoms with E-state index >= 15 is 0 Å². The summed E-state index contributed by atoms with van der Waals surface area (Å²) >= 11 is 0. The van der Waals surface area contributed by atoms with Gasteiger partial charge in [0.15, 0.2) is 0 Å². The van der Waals surface area contributed by atoms with Crippen molar-refractivity contribution in [1.29, 1.82) is 0 Å². The molecule has 0 spiro atoms. The van der Waals surface area contributed by atoms with Crippen molar-refractivity contribution in [3.63, 3.8) is 0 Å². The second-order valence-electron chi connectivity index (χ2n) is 10.0. The van der Waals surface area contributed by atoms with Crippen LogP contribution < -0.4 is 10.4 Å². The molecule has 2 aromatic carbocycles. The zero-order valence-corrected chi connectivity index (χ0v) is 25.3. The molecule has 0 fully saturated rings. The monoisotopic (exact) mass is 649 g/mol. The molecular formula is C30H38PtSi2. The summed E-state index contributed by atoms with van der Waals surface area (Å²) in [4.78, 5) is 0. The van der Waals surface area contributed by atoms with E-state index < -0.39 is 16.1 Å². The van der Waals surface area contributed by atoms with Crippen LogP contribution >= 0.6 is 0 Å². The summed E-state index contributed by atoms with van der Waals surface area (Å²) in [7, 11) is -2.32. The number of benzene rings is 2. The molecule has 0 saturated heterocycles. The van der Waals surface area contributed by atoms with E-state index in [0.29, 0.717) is 0 Å². The number of hydrogen-bond donors (Lipinski definition) is 0. The van der Waals surface area contributed by atoms with E-state index in [1.165, 1.54) is 36.1 Å². The molecule has 0 aliphatic heterocycles. The van der Waals surface area contributed by atoms with Crippen molar-refractivity contribution in [3.05, 3.63) is 96.8 Å². The van der Waals surface area contributed by atoms with Gasteiger partial charge in [-0.3, -0.25) is 11.8 Å². The van der Waals surface area contributed by atoms with Crippen molar-refractivity contribution in [1.82, 2.24) is 0 Å². The maximum absolute atomic E-state index is 6.93. The number of allylic oxidation sites excluding steroid dienone is 4. The molecule has 3 heteroatoms. The third-order valence-electron chi connectivity index (χ3n) is 5.12. The van der Waals surface area contributed by atoms with Crippen molar-refractivity contribution in [2.45, 2.75) is 65.0 Å². The molecule has 0 amide bonds. The molecule has 0 unspecified atom stereocenters. The Labute approximate surface area is 220 Å². The fourth-order valence-corrected chi connectivity index (χ4v) is 5.30. The largest absolute Gasteiger partial charge is 2.00 e. The molecule has 1 aliphatic rings. The van der Waals surface area contributed by atoms with Crippen molar-refractivity contribution in [2.24, 2.45) is 0 Å². The average molecular weight is 650 g/mol. The molecule has 1 aliphatic carbocycles. The van der Waals surface area contributed by atoms with Gasteiger partial charge in [0, 0.05) is 0 Å². The summed E-state index contributed by atoms with van der Waals surface area (Å²) in [5, 5.41) is 2.86. The van der Waals surface area contributed by atoms with Crippen LogP contribution in [0.4, 0.5) is 0 Å². The van der Waals surface area contributed by atoms with Gasteiger partial charge in [-0.1, -0.05) is 98.2 Å². The van der Waals surface area contributed by atoms with Gasteiger partial charge < -0.3 is 12.8 Å². The maximum atomic E-state index is 6.93. The predicted molar refractivity (Wildman–Crippen MR) is 148 cm³/mol. The van der Waals surface area contributed by atoms with Gasteiger partial charge in [0.1, 0.15) is 0 Å². The Balaban J connectivity index is 0.000000468. The summed E-state index contributed by atoms with van der Waals surface area (Å²) in [6, 6.07) is 16.3. The summed E-state index contributed by atoms with van der Waals surface area (Å²) in [5.41, 5.74) is 1.72. The first-order chi connectivity index (χ1) is 15.1. The Morgan fingerprint density at radius 1 is 0.515 bits per heavy atom. The molecule has 0 nitrogen and oxygen atoms in total. The Hall–Kier alpha value is -1.84. The minimum absolute atomic E-state index is 0. The van der Waals surface area contributed by atoms with E-state index in [1.54, 1.807) is 0 Å². The number of hydrogen-bond acceptors (Lipinski definition) is 0. The zero-order valence-electron chi connectivity index (χ0n) is 21.1. The van der Waals surface area contributed by atoms with Crippen LogP contribution in [-0.4, -0.2) is 16.1 Å². The van der Waals surface area contributed by atoms with Crippen LogP contribution in [0, 0.1) is 24.7 Å². The zero-order chi connectivity index (χ0) is 24.0. The summed E-state index contributed by atoms with van der Waals surface area (Å²) < 4.78 is 0. The molecule has 3 rings (SSSR count). The van der Waals surface area contributed by atoms with Crippen molar-refractivity contribution in [3.8, 4) is 11.8 Å². The average Bonchev–Trinajstić information content (AvgIpc) is 2.73. The second-order valence-corrected chi connectivity index (χ2v) is 20.2. The molecule has 0 saturated carbocycles. The van der Waals surface area contributed by atoms with Crippen LogP contribution in [0.3, 0.4) is 0 Å². The third kappa shape index (κ3) is 13.5. The molecule has 0 bridgehead atoms. The Kier molecular flexibility index (Phi) is 15.0. The third-order valence-corrected chi connectivity index (χ3v) is 9.25. The van der Waals surface area contributed by atoms with Crippen LogP contribution in [-0.2, 0) is 21.1 Å². The molecule has 0 aromatic heterocycles. The van der Waals surface area contributed by atoms with E-state index in [0.717, 1.165) is 11.1 Å². The molecule has 176 valence electrons. The number of rotatable bonds is 2.